The molecule has 2 rings (SSSR count). The first-order valence-electron chi connectivity index (χ1n) is 6.91. The molecule has 7 heteroatoms. The lowest BCUT2D eigenvalue weighted by molar-refractivity contribution is -0.0885. The average molecular weight is 340 g/mol. The van der Waals surface area contributed by atoms with Crippen molar-refractivity contribution in [3.05, 3.63) is 53.6 Å². The van der Waals surface area contributed by atoms with E-state index in [1.54, 1.807) is 0 Å². The molecule has 0 heterocycles. The van der Waals surface area contributed by atoms with E-state index in [0.29, 0.717) is 0 Å². The van der Waals surface area contributed by atoms with Crippen LogP contribution in [0, 0.1) is 0 Å². The van der Waals surface area contributed by atoms with Crippen LogP contribution in [0.1, 0.15) is 15.9 Å². The molecule has 0 amide bonds. The second kappa shape index (κ2) is 7.25. The molecule has 0 atom stereocenters. The van der Waals surface area contributed by atoms with Crippen LogP contribution in [0.15, 0.2) is 42.5 Å². The fourth-order valence-corrected chi connectivity index (χ4v) is 2.05. The predicted octanol–water partition coefficient (Wildman–Crippen LogP) is 4.03. The van der Waals surface area contributed by atoms with E-state index in [1.807, 2.05) is 30.3 Å². The molecule has 24 heavy (non-hydrogen) atoms. The minimum absolute atomic E-state index is 0.0159. The van der Waals surface area contributed by atoms with Gasteiger partial charge in [0.05, 0.1) is 14.2 Å². The van der Waals surface area contributed by atoms with Gasteiger partial charge in [-0.25, -0.2) is 0 Å². The Labute approximate surface area is 136 Å². The lowest BCUT2D eigenvalue weighted by Gasteiger charge is -2.16. The quantitative estimate of drug-likeness (QED) is 0.745. The molecule has 0 aromatic heterocycles. The highest BCUT2D eigenvalue weighted by Gasteiger charge is 2.40. The molecule has 4 nitrogen and oxygen atoms in total. The van der Waals surface area contributed by atoms with Crippen molar-refractivity contribution < 1.29 is 32.2 Å². The summed E-state index contributed by atoms with van der Waals surface area (Å²) in [5.74, 6) is -1.88. The van der Waals surface area contributed by atoms with Gasteiger partial charge >= 0.3 is 6.18 Å². The topological polar surface area (TPSA) is 44.8 Å². The number of Topliss-reactive ketones (excluding diaryl/α,β-unsaturated/α-hetero) is 1. The van der Waals surface area contributed by atoms with E-state index < -0.39 is 17.5 Å². The van der Waals surface area contributed by atoms with E-state index in [1.165, 1.54) is 14.2 Å². The smallest absolute Gasteiger partial charge is 0.454 e. The zero-order valence-electron chi connectivity index (χ0n) is 13.0. The van der Waals surface area contributed by atoms with Gasteiger partial charge in [0.2, 0.25) is 5.75 Å². The van der Waals surface area contributed by atoms with Crippen molar-refractivity contribution in [3.8, 4) is 17.2 Å². The Morgan fingerprint density at radius 2 is 1.54 bits per heavy atom. The number of ketones is 1. The summed E-state index contributed by atoms with van der Waals surface area (Å²) in [4.78, 5) is 11.4. The van der Waals surface area contributed by atoms with E-state index in [-0.39, 0.29) is 23.9 Å². The third-order valence-electron chi connectivity index (χ3n) is 3.21. The summed E-state index contributed by atoms with van der Waals surface area (Å²) in [6, 6.07) is 11.1. The van der Waals surface area contributed by atoms with Crippen molar-refractivity contribution in [2.24, 2.45) is 0 Å². The van der Waals surface area contributed by atoms with Gasteiger partial charge in [0.25, 0.3) is 5.78 Å². The monoisotopic (exact) mass is 340 g/mol. The van der Waals surface area contributed by atoms with Gasteiger partial charge in [-0.05, 0) is 17.7 Å². The number of methoxy groups -OCH3 is 2. The van der Waals surface area contributed by atoms with Crippen molar-refractivity contribution in [1.29, 1.82) is 0 Å². The van der Waals surface area contributed by atoms with Crippen LogP contribution in [0.25, 0.3) is 0 Å². The molecule has 2 aromatic rings. The van der Waals surface area contributed by atoms with Gasteiger partial charge in [0, 0.05) is 5.56 Å². The number of ether oxygens (including phenoxy) is 3. The largest absolute Gasteiger partial charge is 0.493 e. The fraction of sp³-hybridized carbons (Fsp3) is 0.235. The highest BCUT2D eigenvalue weighted by molar-refractivity contribution is 6.01. The Hall–Kier alpha value is -2.70. The van der Waals surface area contributed by atoms with Gasteiger partial charge in [-0.2, -0.15) is 13.2 Å². The van der Waals surface area contributed by atoms with Crippen LogP contribution in [-0.2, 0) is 6.61 Å². The number of hydrogen-bond acceptors (Lipinski definition) is 4. The number of halogens is 3. The first-order chi connectivity index (χ1) is 11.4. The molecule has 0 N–H and O–H groups in total. The maximum atomic E-state index is 12.6. The third kappa shape index (κ3) is 3.98. The maximum Gasteiger partial charge on any atom is 0.454 e. The molecule has 0 radical (unpaired) electrons. The van der Waals surface area contributed by atoms with Crippen molar-refractivity contribution in [1.82, 2.24) is 0 Å². The van der Waals surface area contributed by atoms with Crippen LogP contribution in [0.4, 0.5) is 13.2 Å². The Morgan fingerprint density at radius 1 is 1.00 bits per heavy atom. The Kier molecular flexibility index (Phi) is 5.33. The number of carbonyl (C=O) groups excluding carboxylic acids is 1. The lowest BCUT2D eigenvalue weighted by Crippen LogP contribution is -2.22. The molecule has 0 fully saturated rings. The molecule has 0 aliphatic carbocycles. The number of alkyl halides is 3. The molecule has 0 spiro atoms. The highest BCUT2D eigenvalue weighted by atomic mass is 19.4. The minimum atomic E-state index is -4.98. The molecule has 0 aliphatic heterocycles. The van der Waals surface area contributed by atoms with Crippen LogP contribution in [-0.4, -0.2) is 26.2 Å². The molecule has 2 aromatic carbocycles. The predicted molar refractivity (Wildman–Crippen MR) is 80.7 cm³/mol. The summed E-state index contributed by atoms with van der Waals surface area (Å²) in [5.41, 5.74) is 0.278. The van der Waals surface area contributed by atoms with Gasteiger partial charge in [0.1, 0.15) is 6.61 Å². The van der Waals surface area contributed by atoms with E-state index in [2.05, 4.69) is 0 Å². The molecular formula is C17H15F3O4. The molecule has 0 aliphatic rings. The SMILES string of the molecule is COc1cc(C(=O)C(F)(F)F)cc(OC)c1OCc1ccccc1. The van der Waals surface area contributed by atoms with Crippen LogP contribution in [0.5, 0.6) is 17.2 Å². The van der Waals surface area contributed by atoms with Crippen molar-refractivity contribution in [2.45, 2.75) is 12.8 Å². The molecule has 128 valence electrons. The fourth-order valence-electron chi connectivity index (χ4n) is 2.05. The third-order valence-corrected chi connectivity index (χ3v) is 3.21. The Balaban J connectivity index is 2.35. The number of rotatable bonds is 6. The molecule has 0 saturated heterocycles. The zero-order valence-corrected chi connectivity index (χ0v) is 13.0. The van der Waals surface area contributed by atoms with Gasteiger partial charge in [-0.3, -0.25) is 4.79 Å². The average Bonchev–Trinajstić information content (AvgIpc) is 2.58. The van der Waals surface area contributed by atoms with Gasteiger partial charge in [-0.1, -0.05) is 30.3 Å². The van der Waals surface area contributed by atoms with Gasteiger partial charge in [-0.15, -0.1) is 0 Å². The zero-order chi connectivity index (χ0) is 17.7. The highest BCUT2D eigenvalue weighted by Crippen LogP contribution is 2.40. The van der Waals surface area contributed by atoms with Crippen LogP contribution < -0.4 is 14.2 Å². The van der Waals surface area contributed by atoms with Crippen molar-refractivity contribution >= 4 is 5.78 Å². The van der Waals surface area contributed by atoms with Crippen molar-refractivity contribution in [2.75, 3.05) is 14.2 Å². The van der Waals surface area contributed by atoms with Crippen molar-refractivity contribution in [3.63, 3.8) is 0 Å². The summed E-state index contributed by atoms with van der Waals surface area (Å²) in [5, 5.41) is 0. The van der Waals surface area contributed by atoms with Gasteiger partial charge < -0.3 is 14.2 Å². The van der Waals surface area contributed by atoms with Gasteiger partial charge in [0.15, 0.2) is 11.5 Å². The van der Waals surface area contributed by atoms with E-state index in [4.69, 9.17) is 14.2 Å². The first kappa shape index (κ1) is 17.7. The van der Waals surface area contributed by atoms with E-state index >= 15 is 0 Å². The first-order valence-corrected chi connectivity index (χ1v) is 6.91. The molecule has 0 unspecified atom stereocenters. The summed E-state index contributed by atoms with van der Waals surface area (Å²) >= 11 is 0. The second-order valence-corrected chi connectivity index (χ2v) is 4.81. The molecule has 0 bridgehead atoms. The molecule has 0 saturated carbocycles. The molecular weight excluding hydrogens is 325 g/mol. The second-order valence-electron chi connectivity index (χ2n) is 4.81. The Morgan fingerprint density at radius 3 is 2.00 bits per heavy atom. The van der Waals surface area contributed by atoms with E-state index in [0.717, 1.165) is 17.7 Å². The summed E-state index contributed by atoms with van der Waals surface area (Å²) in [6.07, 6.45) is -4.98. The number of hydrogen-bond donors (Lipinski definition) is 0. The summed E-state index contributed by atoms with van der Waals surface area (Å²) in [6.45, 7) is 0.167. The van der Waals surface area contributed by atoms with E-state index in [9.17, 15) is 18.0 Å². The maximum absolute atomic E-state index is 12.6. The van der Waals surface area contributed by atoms with Crippen LogP contribution in [0.2, 0.25) is 0 Å². The lowest BCUT2D eigenvalue weighted by atomic mass is 10.1. The Bertz CT molecular complexity index is 687. The normalized spacial score (nSPS) is 11.0. The number of benzene rings is 2. The minimum Gasteiger partial charge on any atom is -0.493 e. The standard InChI is InChI=1S/C17H15F3O4/c1-22-13-8-12(16(21)17(18,19)20)9-14(23-2)15(13)24-10-11-6-4-3-5-7-11/h3-9H,10H2,1-2H3. The number of carbonyl (C=O) groups is 1. The summed E-state index contributed by atoms with van der Waals surface area (Å²) < 4.78 is 53.6. The van der Waals surface area contributed by atoms with Crippen LogP contribution >= 0.6 is 0 Å². The van der Waals surface area contributed by atoms with Crippen LogP contribution in [0.3, 0.4) is 0 Å². The summed E-state index contributed by atoms with van der Waals surface area (Å²) in [7, 11) is 2.54.